The van der Waals surface area contributed by atoms with Crippen LogP contribution in [0.1, 0.15) is 21.5 Å². The number of hydrogen-bond donors (Lipinski definition) is 2. The summed E-state index contributed by atoms with van der Waals surface area (Å²) in [7, 11) is -3.85. The van der Waals surface area contributed by atoms with Gasteiger partial charge >= 0.3 is 0 Å². The fourth-order valence-electron chi connectivity index (χ4n) is 2.57. The Morgan fingerprint density at radius 3 is 2.18 bits per heavy atom. The molecule has 0 aliphatic rings. The number of sulfonamides is 1. The zero-order chi connectivity index (χ0) is 20.1. The number of nitrogens with one attached hydrogen (secondary N) is 2. The maximum atomic E-state index is 12.7. The molecular formula is C21H17N3O3S. The van der Waals surface area contributed by atoms with Gasteiger partial charge in [-0.15, -0.1) is 0 Å². The molecule has 28 heavy (non-hydrogen) atoms. The van der Waals surface area contributed by atoms with Crippen LogP contribution < -0.4 is 10.0 Å². The largest absolute Gasteiger partial charge is 0.321 e. The summed E-state index contributed by atoms with van der Waals surface area (Å²) < 4.78 is 27.8. The van der Waals surface area contributed by atoms with Crippen molar-refractivity contribution in [2.45, 2.75) is 11.8 Å². The quantitative estimate of drug-likeness (QED) is 0.688. The van der Waals surface area contributed by atoms with Crippen molar-refractivity contribution in [3.05, 3.63) is 89.5 Å². The van der Waals surface area contributed by atoms with Gasteiger partial charge in [-0.1, -0.05) is 42.0 Å². The van der Waals surface area contributed by atoms with Gasteiger partial charge in [0.2, 0.25) is 0 Å². The summed E-state index contributed by atoms with van der Waals surface area (Å²) in [5.41, 5.74) is 1.90. The zero-order valence-corrected chi connectivity index (χ0v) is 15.8. The summed E-state index contributed by atoms with van der Waals surface area (Å²) in [6, 6.07) is 21.3. The van der Waals surface area contributed by atoms with E-state index in [9.17, 15) is 13.2 Å². The van der Waals surface area contributed by atoms with Crippen LogP contribution in [0.4, 0.5) is 11.4 Å². The summed E-state index contributed by atoms with van der Waals surface area (Å²) in [6.45, 7) is 1.86. The lowest BCUT2D eigenvalue weighted by Crippen LogP contribution is -2.19. The van der Waals surface area contributed by atoms with Gasteiger partial charge in [-0.3, -0.25) is 9.52 Å². The Morgan fingerprint density at radius 1 is 0.893 bits per heavy atom. The third-order valence-electron chi connectivity index (χ3n) is 4.04. The van der Waals surface area contributed by atoms with E-state index in [1.807, 2.05) is 13.0 Å². The summed E-state index contributed by atoms with van der Waals surface area (Å²) in [6.07, 6.45) is 0. The molecule has 0 radical (unpaired) electrons. The molecule has 3 rings (SSSR count). The Labute approximate surface area is 163 Å². The lowest BCUT2D eigenvalue weighted by atomic mass is 10.1. The van der Waals surface area contributed by atoms with Crippen molar-refractivity contribution in [3.63, 3.8) is 0 Å². The number of carbonyl (C=O) groups is 1. The third-order valence-corrected chi connectivity index (χ3v) is 5.42. The number of anilines is 2. The molecule has 0 heterocycles. The van der Waals surface area contributed by atoms with E-state index in [4.69, 9.17) is 5.26 Å². The first kappa shape index (κ1) is 19.1. The van der Waals surface area contributed by atoms with Crippen molar-refractivity contribution in [2.75, 3.05) is 10.0 Å². The van der Waals surface area contributed by atoms with E-state index in [-0.39, 0.29) is 16.1 Å². The molecule has 1 amide bonds. The van der Waals surface area contributed by atoms with E-state index in [0.717, 1.165) is 5.56 Å². The van der Waals surface area contributed by atoms with E-state index in [0.29, 0.717) is 11.3 Å². The Kier molecular flexibility index (Phi) is 5.43. The van der Waals surface area contributed by atoms with Gasteiger partial charge in [-0.05, 0) is 43.3 Å². The van der Waals surface area contributed by atoms with Crippen LogP contribution >= 0.6 is 0 Å². The van der Waals surface area contributed by atoms with Crippen LogP contribution in [0.15, 0.2) is 77.7 Å². The lowest BCUT2D eigenvalue weighted by Gasteiger charge is -2.13. The number of carbonyl (C=O) groups excluding carboxylic acids is 1. The van der Waals surface area contributed by atoms with E-state index >= 15 is 0 Å². The van der Waals surface area contributed by atoms with E-state index in [1.165, 1.54) is 24.3 Å². The second kappa shape index (κ2) is 7.94. The van der Waals surface area contributed by atoms with Gasteiger partial charge in [0, 0.05) is 0 Å². The van der Waals surface area contributed by atoms with Gasteiger partial charge in [0.05, 0.1) is 27.4 Å². The predicted molar refractivity (Wildman–Crippen MR) is 108 cm³/mol. The SMILES string of the molecule is Cc1ccc(S(=O)(=O)Nc2ccccc2C(=O)Nc2ccccc2C#N)cc1. The van der Waals surface area contributed by atoms with E-state index < -0.39 is 15.9 Å². The van der Waals surface area contributed by atoms with Gasteiger partial charge in [0.25, 0.3) is 15.9 Å². The molecule has 0 bridgehead atoms. The maximum Gasteiger partial charge on any atom is 0.261 e. The molecule has 0 atom stereocenters. The Bertz CT molecular complexity index is 1160. The molecule has 6 nitrogen and oxygen atoms in total. The molecule has 0 aliphatic heterocycles. The lowest BCUT2D eigenvalue weighted by molar-refractivity contribution is 0.102. The number of nitrogens with zero attached hydrogens (tertiary/aromatic N) is 1. The van der Waals surface area contributed by atoms with Crippen molar-refractivity contribution in [1.82, 2.24) is 0 Å². The van der Waals surface area contributed by atoms with Crippen molar-refractivity contribution in [3.8, 4) is 6.07 Å². The minimum Gasteiger partial charge on any atom is -0.321 e. The van der Waals surface area contributed by atoms with Crippen molar-refractivity contribution >= 4 is 27.3 Å². The highest BCUT2D eigenvalue weighted by Gasteiger charge is 2.19. The molecule has 140 valence electrons. The summed E-state index contributed by atoms with van der Waals surface area (Å²) >= 11 is 0. The first-order valence-corrected chi connectivity index (χ1v) is 9.88. The highest BCUT2D eigenvalue weighted by atomic mass is 32.2. The average Bonchev–Trinajstić information content (AvgIpc) is 2.69. The summed E-state index contributed by atoms with van der Waals surface area (Å²) in [5.74, 6) is -0.523. The molecule has 2 N–H and O–H groups in total. The molecule has 0 spiro atoms. The molecule has 3 aromatic rings. The van der Waals surface area contributed by atoms with Crippen LogP contribution in [-0.4, -0.2) is 14.3 Å². The molecule has 0 aromatic heterocycles. The fraction of sp³-hybridized carbons (Fsp3) is 0.0476. The van der Waals surface area contributed by atoms with Gasteiger partial charge < -0.3 is 5.32 Å². The van der Waals surface area contributed by atoms with E-state index in [2.05, 4.69) is 10.0 Å². The van der Waals surface area contributed by atoms with Gasteiger partial charge in [-0.2, -0.15) is 5.26 Å². The average molecular weight is 391 g/mol. The van der Waals surface area contributed by atoms with Crippen LogP contribution in [0.3, 0.4) is 0 Å². The standard InChI is InChI=1S/C21H17N3O3S/c1-15-10-12-17(13-11-15)28(26,27)24-20-9-5-3-7-18(20)21(25)23-19-8-4-2-6-16(19)14-22/h2-13,24H,1H3,(H,23,25). The topological polar surface area (TPSA) is 99.1 Å². The van der Waals surface area contributed by atoms with Crippen molar-refractivity contribution in [2.24, 2.45) is 0 Å². The molecular weight excluding hydrogens is 374 g/mol. The number of rotatable bonds is 5. The van der Waals surface area contributed by atoms with Crippen LogP contribution in [-0.2, 0) is 10.0 Å². The number of benzene rings is 3. The maximum absolute atomic E-state index is 12.7. The number of amides is 1. The zero-order valence-electron chi connectivity index (χ0n) is 15.0. The molecule has 0 aliphatic carbocycles. The van der Waals surface area contributed by atoms with Crippen LogP contribution in [0, 0.1) is 18.3 Å². The smallest absolute Gasteiger partial charge is 0.261 e. The highest BCUT2D eigenvalue weighted by molar-refractivity contribution is 7.92. The Morgan fingerprint density at radius 2 is 1.50 bits per heavy atom. The molecule has 7 heteroatoms. The Balaban J connectivity index is 1.90. The number of para-hydroxylation sites is 2. The minimum atomic E-state index is -3.85. The monoisotopic (exact) mass is 391 g/mol. The second-order valence-electron chi connectivity index (χ2n) is 6.08. The third kappa shape index (κ3) is 4.19. The number of nitriles is 1. The van der Waals surface area contributed by atoms with Crippen LogP contribution in [0.25, 0.3) is 0 Å². The Hall–Kier alpha value is -3.63. The number of aryl methyl sites for hydroxylation is 1. The van der Waals surface area contributed by atoms with Crippen LogP contribution in [0.5, 0.6) is 0 Å². The normalized spacial score (nSPS) is 10.7. The fourth-order valence-corrected chi connectivity index (χ4v) is 3.65. The van der Waals surface area contributed by atoms with Crippen molar-refractivity contribution in [1.29, 1.82) is 5.26 Å². The van der Waals surface area contributed by atoms with Gasteiger partial charge in [0.15, 0.2) is 0 Å². The van der Waals surface area contributed by atoms with Gasteiger partial charge in [0.1, 0.15) is 6.07 Å². The van der Waals surface area contributed by atoms with E-state index in [1.54, 1.807) is 48.5 Å². The molecule has 0 saturated carbocycles. The van der Waals surface area contributed by atoms with Gasteiger partial charge in [-0.25, -0.2) is 8.42 Å². The molecule has 3 aromatic carbocycles. The molecule has 0 unspecified atom stereocenters. The first-order chi connectivity index (χ1) is 13.4. The van der Waals surface area contributed by atoms with Crippen molar-refractivity contribution < 1.29 is 13.2 Å². The predicted octanol–water partition coefficient (Wildman–Crippen LogP) is 3.92. The highest BCUT2D eigenvalue weighted by Crippen LogP contribution is 2.22. The first-order valence-electron chi connectivity index (χ1n) is 8.40. The molecule has 0 fully saturated rings. The summed E-state index contributed by atoms with van der Waals surface area (Å²) in [4.78, 5) is 12.8. The number of hydrogen-bond acceptors (Lipinski definition) is 4. The molecule has 0 saturated heterocycles. The second-order valence-corrected chi connectivity index (χ2v) is 7.76. The van der Waals surface area contributed by atoms with Crippen LogP contribution in [0.2, 0.25) is 0 Å². The minimum absolute atomic E-state index is 0.100. The summed E-state index contributed by atoms with van der Waals surface area (Å²) in [5, 5.41) is 11.8.